The van der Waals surface area contributed by atoms with Crippen LogP contribution in [0.15, 0.2) is 67.7 Å². The Morgan fingerprint density at radius 2 is 0.806 bits per heavy atom. The Balaban J connectivity index is 1.46. The molecule has 0 saturated heterocycles. The highest BCUT2D eigenvalue weighted by Crippen LogP contribution is 2.16. The predicted molar refractivity (Wildman–Crippen MR) is 247 cm³/mol. The van der Waals surface area contributed by atoms with Gasteiger partial charge >= 0.3 is 23.6 Å². The highest BCUT2D eigenvalue weighted by atomic mass is 16.6. The van der Waals surface area contributed by atoms with Gasteiger partial charge in [-0.15, -0.1) is 0 Å². The summed E-state index contributed by atoms with van der Waals surface area (Å²) in [5, 5.41) is 0.973. The molecule has 0 spiro atoms. The van der Waals surface area contributed by atoms with Crippen LogP contribution in [0.25, 0.3) is 21.8 Å². The third-order valence-electron chi connectivity index (χ3n) is 10.8. The lowest BCUT2D eigenvalue weighted by molar-refractivity contribution is 0.0205. The van der Waals surface area contributed by atoms with Crippen LogP contribution >= 0.6 is 0 Å². The summed E-state index contributed by atoms with van der Waals surface area (Å²) in [4.78, 5) is 84.8. The van der Waals surface area contributed by atoms with Gasteiger partial charge in [-0.3, -0.25) is 27.9 Å². The molecule has 342 valence electrons. The first-order valence-electron chi connectivity index (χ1n) is 22.9. The zero-order valence-corrected chi connectivity index (χ0v) is 38.7. The molecule has 0 aliphatic rings. The smallest absolute Gasteiger partial charge is 0.410 e. The van der Waals surface area contributed by atoms with Gasteiger partial charge in [-0.05, 0) is 104 Å². The van der Waals surface area contributed by atoms with Gasteiger partial charge in [0.2, 0.25) is 0 Å². The van der Waals surface area contributed by atoms with E-state index in [2.05, 4.69) is 13.8 Å². The minimum Gasteiger partial charge on any atom is -0.444 e. The zero-order valence-electron chi connectivity index (χ0n) is 38.7. The molecule has 0 saturated carbocycles. The molecule has 2 heterocycles. The number of hydrogen-bond acceptors (Lipinski definition) is 8. The number of benzene rings is 2. The van der Waals surface area contributed by atoms with Crippen LogP contribution in [-0.2, 0) is 35.7 Å². The van der Waals surface area contributed by atoms with Crippen LogP contribution in [0.5, 0.6) is 0 Å². The third-order valence-corrected chi connectivity index (χ3v) is 10.8. The fourth-order valence-electron chi connectivity index (χ4n) is 7.65. The molecule has 2 amide bonds. The predicted octanol–water partition coefficient (Wildman–Crippen LogP) is 8.54. The minimum atomic E-state index is -0.741. The molecule has 14 heteroatoms. The number of hydrogen-bond donors (Lipinski definition) is 0. The second-order valence-corrected chi connectivity index (χ2v) is 18.3. The lowest BCUT2D eigenvalue weighted by Gasteiger charge is -2.29. The van der Waals surface area contributed by atoms with E-state index < -0.39 is 23.4 Å². The van der Waals surface area contributed by atoms with Crippen molar-refractivity contribution in [2.75, 3.05) is 26.2 Å². The molecule has 0 aliphatic heterocycles. The Morgan fingerprint density at radius 1 is 0.468 bits per heavy atom. The van der Waals surface area contributed by atoms with Gasteiger partial charge < -0.3 is 19.3 Å². The maximum Gasteiger partial charge on any atom is 0.410 e. The summed E-state index contributed by atoms with van der Waals surface area (Å²) in [6.45, 7) is 17.5. The van der Waals surface area contributed by atoms with E-state index >= 15 is 0 Å². The minimum absolute atomic E-state index is 0.132. The largest absolute Gasteiger partial charge is 0.444 e. The highest BCUT2D eigenvalue weighted by Gasteiger charge is 2.25. The fraction of sp³-hybridized carbons (Fsp3) is 0.625. The Morgan fingerprint density at radius 3 is 1.16 bits per heavy atom. The quantitative estimate of drug-likeness (QED) is 0.0675. The number of nitrogens with zero attached hydrogens (tertiary/aromatic N) is 6. The van der Waals surface area contributed by atoms with Crippen molar-refractivity contribution in [1.82, 2.24) is 28.1 Å². The number of amides is 2. The number of aryl methyl sites for hydroxylation is 2. The van der Waals surface area contributed by atoms with Crippen molar-refractivity contribution in [2.45, 2.75) is 170 Å². The molecule has 0 aliphatic carbocycles. The number of rotatable bonds is 23. The van der Waals surface area contributed by atoms with Crippen LogP contribution < -0.4 is 22.5 Å². The van der Waals surface area contributed by atoms with Gasteiger partial charge in [-0.25, -0.2) is 19.2 Å². The van der Waals surface area contributed by atoms with Gasteiger partial charge in [-0.1, -0.05) is 76.6 Å². The molecule has 0 bridgehead atoms. The topological polar surface area (TPSA) is 147 Å². The number of aromatic nitrogens is 4. The molecule has 14 nitrogen and oxygen atoms in total. The highest BCUT2D eigenvalue weighted by molar-refractivity contribution is 5.78. The summed E-state index contributed by atoms with van der Waals surface area (Å²) in [6, 6.07) is 14.4. The van der Waals surface area contributed by atoms with E-state index in [4.69, 9.17) is 9.47 Å². The third kappa shape index (κ3) is 14.2. The van der Waals surface area contributed by atoms with Crippen molar-refractivity contribution in [2.24, 2.45) is 0 Å². The standard InChI is InChI=1S/C48H72N6O8/c1-9-11-13-19-33-51-39-27-17-15-25-37(39)41(55)53(43(51)57)35-23-31-49(45(59)61-47(3,4)5)29-21-22-30-50(46(60)62-48(6,7)8)32-24-36-54-42(56)38-26-16-18-28-40(38)52(44(54)58)34-20-14-12-10-2/h15-18,25-28H,9-14,19-24,29-36H2,1-8H3. The molecule has 0 unspecified atom stereocenters. The van der Waals surface area contributed by atoms with Gasteiger partial charge in [-0.2, -0.15) is 0 Å². The molecule has 2 aromatic carbocycles. The number of carbonyl (C=O) groups excluding carboxylic acids is 2. The first-order chi connectivity index (χ1) is 29.5. The summed E-state index contributed by atoms with van der Waals surface area (Å²) in [7, 11) is 0. The SMILES string of the molecule is CCCCCCn1c(=O)n(CCCN(CCCCN(CCCn2c(=O)c3ccccc3n(CCCCCC)c2=O)C(=O)OC(C)(C)C)C(=O)OC(C)(C)C)c(=O)c2ccccc21. The molecular formula is C48H72N6O8. The van der Waals surface area contributed by atoms with E-state index in [-0.39, 0.29) is 48.7 Å². The van der Waals surface area contributed by atoms with E-state index in [0.29, 0.717) is 73.7 Å². The van der Waals surface area contributed by atoms with E-state index in [0.717, 1.165) is 51.4 Å². The molecule has 2 aromatic heterocycles. The monoisotopic (exact) mass is 861 g/mol. The van der Waals surface area contributed by atoms with Gasteiger partial charge in [0.25, 0.3) is 11.1 Å². The van der Waals surface area contributed by atoms with E-state index in [1.165, 1.54) is 9.13 Å². The molecular weight excluding hydrogens is 789 g/mol. The van der Waals surface area contributed by atoms with E-state index in [1.807, 2.05) is 24.3 Å². The maximum atomic E-state index is 13.7. The number of unbranched alkanes of at least 4 members (excludes halogenated alkanes) is 7. The molecule has 62 heavy (non-hydrogen) atoms. The normalized spacial score (nSPS) is 11.9. The molecule has 0 N–H and O–H groups in total. The van der Waals surface area contributed by atoms with E-state index in [1.54, 1.807) is 84.7 Å². The number of carbonyl (C=O) groups is 2. The molecule has 0 radical (unpaired) electrons. The molecule has 0 fully saturated rings. The van der Waals surface area contributed by atoms with Crippen molar-refractivity contribution >= 4 is 34.0 Å². The van der Waals surface area contributed by atoms with Gasteiger partial charge in [0.15, 0.2) is 0 Å². The Hall–Kier alpha value is -5.14. The lowest BCUT2D eigenvalue weighted by atomic mass is 10.2. The van der Waals surface area contributed by atoms with Crippen molar-refractivity contribution < 1.29 is 19.1 Å². The second-order valence-electron chi connectivity index (χ2n) is 18.3. The van der Waals surface area contributed by atoms with Gasteiger partial charge in [0.05, 0.1) is 21.8 Å². The van der Waals surface area contributed by atoms with Crippen molar-refractivity contribution in [3.05, 3.63) is 90.2 Å². The van der Waals surface area contributed by atoms with Crippen LogP contribution in [0.4, 0.5) is 9.59 Å². The summed E-state index contributed by atoms with van der Waals surface area (Å²) in [5.74, 6) is 0. The first-order valence-corrected chi connectivity index (χ1v) is 22.9. The molecule has 4 aromatic rings. The van der Waals surface area contributed by atoms with Crippen LogP contribution in [0.1, 0.15) is 132 Å². The fourth-order valence-corrected chi connectivity index (χ4v) is 7.65. The maximum absolute atomic E-state index is 13.7. The Labute approximate surface area is 366 Å². The van der Waals surface area contributed by atoms with E-state index in [9.17, 15) is 28.8 Å². The number of para-hydroxylation sites is 2. The van der Waals surface area contributed by atoms with Gasteiger partial charge in [0, 0.05) is 52.4 Å². The average Bonchev–Trinajstić information content (AvgIpc) is 3.21. The summed E-state index contributed by atoms with van der Waals surface area (Å²) in [6.07, 6.45) is 8.67. The van der Waals surface area contributed by atoms with Crippen LogP contribution in [0.3, 0.4) is 0 Å². The average molecular weight is 861 g/mol. The van der Waals surface area contributed by atoms with Crippen molar-refractivity contribution in [3.63, 3.8) is 0 Å². The number of fused-ring (bicyclic) bond motifs is 2. The van der Waals surface area contributed by atoms with Gasteiger partial charge in [0.1, 0.15) is 11.2 Å². The Bertz CT molecular complexity index is 2160. The lowest BCUT2D eigenvalue weighted by Crippen LogP contribution is -2.42. The first kappa shape index (κ1) is 49.5. The number of ether oxygens (including phenoxy) is 2. The van der Waals surface area contributed by atoms with Crippen LogP contribution in [0, 0.1) is 0 Å². The van der Waals surface area contributed by atoms with Crippen LogP contribution in [-0.4, -0.2) is 77.6 Å². The second kappa shape index (κ2) is 23.3. The van der Waals surface area contributed by atoms with Crippen molar-refractivity contribution in [3.8, 4) is 0 Å². The summed E-state index contributed by atoms with van der Waals surface area (Å²) >= 11 is 0. The zero-order chi connectivity index (χ0) is 45.5. The molecule has 4 rings (SSSR count). The summed E-state index contributed by atoms with van der Waals surface area (Å²) < 4.78 is 17.5. The van der Waals surface area contributed by atoms with Crippen molar-refractivity contribution in [1.29, 1.82) is 0 Å². The molecule has 0 atom stereocenters. The summed E-state index contributed by atoms with van der Waals surface area (Å²) in [5.41, 5.74) is -1.62. The van der Waals surface area contributed by atoms with Crippen LogP contribution in [0.2, 0.25) is 0 Å². The Kier molecular flexibility index (Phi) is 18.6.